The van der Waals surface area contributed by atoms with E-state index in [2.05, 4.69) is 9.97 Å². The fraction of sp³-hybridized carbons (Fsp3) is 0.312. The van der Waals surface area contributed by atoms with Gasteiger partial charge in [0.1, 0.15) is 5.69 Å². The van der Waals surface area contributed by atoms with E-state index in [0.717, 1.165) is 30.5 Å². The van der Waals surface area contributed by atoms with Crippen molar-refractivity contribution in [3.05, 3.63) is 42.2 Å². The fourth-order valence-electron chi connectivity index (χ4n) is 2.21. The maximum atomic E-state index is 10.5. The molecule has 0 radical (unpaired) electrons. The van der Waals surface area contributed by atoms with Crippen LogP contribution in [0.25, 0.3) is 11.4 Å². The first-order chi connectivity index (χ1) is 10.2. The molecule has 0 spiro atoms. The number of nitrogens with zero attached hydrogens (tertiary/aromatic N) is 2. The molecule has 3 N–H and O–H groups in total. The number of pyridine rings is 2. The van der Waals surface area contributed by atoms with Crippen LogP contribution in [0.5, 0.6) is 0 Å². The van der Waals surface area contributed by atoms with Crippen molar-refractivity contribution in [1.82, 2.24) is 9.97 Å². The van der Waals surface area contributed by atoms with E-state index in [0.29, 0.717) is 17.8 Å². The Bertz CT molecular complexity index is 600. The average Bonchev–Trinajstić information content (AvgIpc) is 2.49. The molecule has 0 atom stereocenters. The van der Waals surface area contributed by atoms with E-state index in [-0.39, 0.29) is 6.42 Å². The van der Waals surface area contributed by atoms with Gasteiger partial charge in [-0.2, -0.15) is 0 Å². The number of hydrogen-bond acceptors (Lipinski definition) is 4. The lowest BCUT2D eigenvalue weighted by molar-refractivity contribution is -0.137. The summed E-state index contributed by atoms with van der Waals surface area (Å²) < 4.78 is 0. The molecule has 5 heteroatoms. The molecular formula is C16H19N3O2. The first-order valence-electron chi connectivity index (χ1n) is 7.05. The van der Waals surface area contributed by atoms with Gasteiger partial charge in [0.25, 0.3) is 0 Å². The standard InChI is InChI=1S/C16H19N3O2/c17-15-12(6-2-1-3-8-14(20)21)9-11-19-16(15)13-7-4-5-10-18-13/h4-5,7,9-11H,1-3,6,8,17H2,(H,20,21). The summed E-state index contributed by atoms with van der Waals surface area (Å²) >= 11 is 0. The number of hydrogen-bond donors (Lipinski definition) is 2. The number of unbranched alkanes of at least 4 members (excludes halogenated alkanes) is 2. The van der Waals surface area contributed by atoms with E-state index < -0.39 is 5.97 Å². The average molecular weight is 285 g/mol. The summed E-state index contributed by atoms with van der Waals surface area (Å²) in [6.07, 6.45) is 7.02. The predicted octanol–water partition coefficient (Wildman–Crippen LogP) is 2.91. The third kappa shape index (κ3) is 4.27. The van der Waals surface area contributed by atoms with Gasteiger partial charge in [0.05, 0.1) is 11.4 Å². The molecule has 0 aliphatic rings. The Morgan fingerprint density at radius 1 is 1.10 bits per heavy atom. The Morgan fingerprint density at radius 3 is 2.67 bits per heavy atom. The van der Waals surface area contributed by atoms with Crippen molar-refractivity contribution >= 4 is 11.7 Å². The van der Waals surface area contributed by atoms with Crippen LogP contribution in [0.4, 0.5) is 5.69 Å². The lowest BCUT2D eigenvalue weighted by Gasteiger charge is -2.09. The molecule has 2 aromatic rings. The van der Waals surface area contributed by atoms with Gasteiger partial charge in [0.15, 0.2) is 0 Å². The van der Waals surface area contributed by atoms with Crippen LogP contribution in [0.15, 0.2) is 36.7 Å². The lowest BCUT2D eigenvalue weighted by Crippen LogP contribution is -2.01. The highest BCUT2D eigenvalue weighted by atomic mass is 16.4. The van der Waals surface area contributed by atoms with Gasteiger partial charge in [-0.1, -0.05) is 12.5 Å². The number of rotatable bonds is 7. The van der Waals surface area contributed by atoms with E-state index in [1.165, 1.54) is 0 Å². The summed E-state index contributed by atoms with van der Waals surface area (Å²) in [5.74, 6) is -0.740. The molecule has 0 unspecified atom stereocenters. The SMILES string of the molecule is Nc1c(CCCCCC(=O)O)ccnc1-c1ccccn1. The lowest BCUT2D eigenvalue weighted by atomic mass is 10.0. The first-order valence-corrected chi connectivity index (χ1v) is 7.05. The molecule has 110 valence electrons. The number of nitrogen functional groups attached to an aromatic ring is 1. The number of carbonyl (C=O) groups is 1. The third-order valence-electron chi connectivity index (χ3n) is 3.32. The van der Waals surface area contributed by atoms with Crippen molar-refractivity contribution in [2.75, 3.05) is 5.73 Å². The second-order valence-corrected chi connectivity index (χ2v) is 4.90. The van der Waals surface area contributed by atoms with Crippen LogP contribution in [-0.2, 0) is 11.2 Å². The van der Waals surface area contributed by atoms with E-state index in [1.807, 2.05) is 24.3 Å². The smallest absolute Gasteiger partial charge is 0.303 e. The maximum absolute atomic E-state index is 10.5. The molecule has 0 aliphatic carbocycles. The summed E-state index contributed by atoms with van der Waals surface area (Å²) in [6, 6.07) is 7.56. The van der Waals surface area contributed by atoms with Gasteiger partial charge in [-0.15, -0.1) is 0 Å². The van der Waals surface area contributed by atoms with Gasteiger partial charge in [-0.3, -0.25) is 14.8 Å². The molecule has 2 heterocycles. The molecule has 0 bridgehead atoms. The molecule has 5 nitrogen and oxygen atoms in total. The largest absolute Gasteiger partial charge is 0.481 e. The van der Waals surface area contributed by atoms with Crippen LogP contribution in [-0.4, -0.2) is 21.0 Å². The Labute approximate surface area is 123 Å². The topological polar surface area (TPSA) is 89.1 Å². The monoisotopic (exact) mass is 285 g/mol. The highest BCUT2D eigenvalue weighted by Crippen LogP contribution is 2.25. The van der Waals surface area contributed by atoms with Crippen LogP contribution >= 0.6 is 0 Å². The van der Waals surface area contributed by atoms with Gasteiger partial charge < -0.3 is 10.8 Å². The highest BCUT2D eigenvalue weighted by molar-refractivity contribution is 5.72. The molecule has 2 aromatic heterocycles. The zero-order chi connectivity index (χ0) is 15.1. The van der Waals surface area contributed by atoms with Crippen LogP contribution in [0.2, 0.25) is 0 Å². The van der Waals surface area contributed by atoms with Crippen LogP contribution in [0.1, 0.15) is 31.2 Å². The number of aliphatic carboxylic acids is 1. The third-order valence-corrected chi connectivity index (χ3v) is 3.32. The fourth-order valence-corrected chi connectivity index (χ4v) is 2.21. The van der Waals surface area contributed by atoms with Gasteiger partial charge in [-0.05, 0) is 43.0 Å². The van der Waals surface area contributed by atoms with Gasteiger partial charge >= 0.3 is 5.97 Å². The summed E-state index contributed by atoms with van der Waals surface area (Å²) in [5, 5.41) is 8.60. The number of carboxylic acid groups (broad SMARTS) is 1. The number of aryl methyl sites for hydroxylation is 1. The van der Waals surface area contributed by atoms with Crippen molar-refractivity contribution < 1.29 is 9.90 Å². The van der Waals surface area contributed by atoms with Crippen LogP contribution < -0.4 is 5.73 Å². The molecule has 0 saturated heterocycles. The normalized spacial score (nSPS) is 10.5. The van der Waals surface area contributed by atoms with Gasteiger partial charge in [0.2, 0.25) is 0 Å². The Kier molecular flexibility index (Phi) is 5.26. The minimum Gasteiger partial charge on any atom is -0.481 e. The summed E-state index contributed by atoms with van der Waals surface area (Å²) in [5.41, 5.74) is 9.36. The second-order valence-electron chi connectivity index (χ2n) is 4.90. The van der Waals surface area contributed by atoms with Crippen molar-refractivity contribution in [3.63, 3.8) is 0 Å². The number of aromatic nitrogens is 2. The quantitative estimate of drug-likeness (QED) is 0.763. The van der Waals surface area contributed by atoms with E-state index in [9.17, 15) is 4.79 Å². The Hall–Kier alpha value is -2.43. The molecule has 21 heavy (non-hydrogen) atoms. The minimum absolute atomic E-state index is 0.227. The van der Waals surface area contributed by atoms with E-state index >= 15 is 0 Å². The summed E-state index contributed by atoms with van der Waals surface area (Å²) in [6.45, 7) is 0. The van der Waals surface area contributed by atoms with Crippen molar-refractivity contribution in [3.8, 4) is 11.4 Å². The van der Waals surface area contributed by atoms with Crippen LogP contribution in [0, 0.1) is 0 Å². The van der Waals surface area contributed by atoms with Gasteiger partial charge in [-0.25, -0.2) is 0 Å². The van der Waals surface area contributed by atoms with Crippen LogP contribution in [0.3, 0.4) is 0 Å². The van der Waals surface area contributed by atoms with Gasteiger partial charge in [0, 0.05) is 18.8 Å². The molecule has 0 fully saturated rings. The summed E-state index contributed by atoms with van der Waals surface area (Å²) in [7, 11) is 0. The van der Waals surface area contributed by atoms with Crippen molar-refractivity contribution in [2.24, 2.45) is 0 Å². The molecule has 0 saturated carbocycles. The Morgan fingerprint density at radius 2 is 1.95 bits per heavy atom. The molecule has 0 aliphatic heterocycles. The zero-order valence-corrected chi connectivity index (χ0v) is 11.8. The summed E-state index contributed by atoms with van der Waals surface area (Å²) in [4.78, 5) is 19.0. The minimum atomic E-state index is -0.740. The van der Waals surface area contributed by atoms with Crippen molar-refractivity contribution in [2.45, 2.75) is 32.1 Å². The molecule has 0 amide bonds. The first kappa shape index (κ1) is 15.0. The van der Waals surface area contributed by atoms with Crippen molar-refractivity contribution in [1.29, 1.82) is 0 Å². The second kappa shape index (κ2) is 7.38. The van der Waals surface area contributed by atoms with E-state index in [1.54, 1.807) is 12.4 Å². The molecular weight excluding hydrogens is 266 g/mol. The zero-order valence-electron chi connectivity index (χ0n) is 11.8. The number of anilines is 1. The number of carboxylic acids is 1. The predicted molar refractivity (Wildman–Crippen MR) is 81.7 cm³/mol. The Balaban J connectivity index is 2.00. The molecule has 0 aromatic carbocycles. The van der Waals surface area contributed by atoms with E-state index in [4.69, 9.17) is 10.8 Å². The maximum Gasteiger partial charge on any atom is 0.303 e. The number of nitrogens with two attached hydrogens (primary N) is 1. The highest BCUT2D eigenvalue weighted by Gasteiger charge is 2.09. The molecule has 2 rings (SSSR count).